The average Bonchev–Trinajstić information content (AvgIpc) is 2.90. The molecule has 0 aliphatic carbocycles. The summed E-state index contributed by atoms with van der Waals surface area (Å²) < 4.78 is 29.1. The Hall–Kier alpha value is -3.36. The molecule has 0 aliphatic heterocycles. The number of halogens is 1. The minimum Gasteiger partial charge on any atom is -0.352 e. The number of nitrogens with one attached hydrogen (secondary N) is 1. The minimum absolute atomic E-state index is 0.0730. The van der Waals surface area contributed by atoms with E-state index >= 15 is 0 Å². The Kier molecular flexibility index (Phi) is 10.4. The van der Waals surface area contributed by atoms with Gasteiger partial charge < -0.3 is 10.2 Å². The van der Waals surface area contributed by atoms with E-state index in [4.69, 9.17) is 11.6 Å². The van der Waals surface area contributed by atoms with Gasteiger partial charge in [-0.05, 0) is 94.1 Å². The molecule has 0 saturated carbocycles. The number of hydrogen-bond donors (Lipinski definition) is 1. The van der Waals surface area contributed by atoms with Crippen molar-refractivity contribution in [1.82, 2.24) is 10.2 Å². The molecule has 0 aromatic heterocycles. The van der Waals surface area contributed by atoms with E-state index in [0.717, 1.165) is 33.0 Å². The smallest absolute Gasteiger partial charge is 0.264 e. The van der Waals surface area contributed by atoms with Crippen LogP contribution in [0.15, 0.2) is 71.6 Å². The van der Waals surface area contributed by atoms with Crippen molar-refractivity contribution in [2.75, 3.05) is 10.8 Å². The van der Waals surface area contributed by atoms with Crippen LogP contribution >= 0.6 is 11.6 Å². The summed E-state index contributed by atoms with van der Waals surface area (Å²) >= 11 is 6.06. The molecule has 214 valence electrons. The highest BCUT2D eigenvalue weighted by molar-refractivity contribution is 7.92. The molecule has 3 rings (SSSR count). The van der Waals surface area contributed by atoms with Gasteiger partial charge in [-0.25, -0.2) is 8.42 Å². The van der Waals surface area contributed by atoms with Crippen molar-refractivity contribution in [2.45, 2.75) is 71.5 Å². The molecule has 3 aromatic rings. The zero-order valence-corrected chi connectivity index (χ0v) is 25.5. The van der Waals surface area contributed by atoms with Crippen LogP contribution < -0.4 is 9.62 Å². The molecular formula is C31H38ClN3O4S. The number of anilines is 1. The summed E-state index contributed by atoms with van der Waals surface area (Å²) in [7, 11) is -4.11. The van der Waals surface area contributed by atoms with Crippen LogP contribution in [0.1, 0.15) is 49.4 Å². The lowest BCUT2D eigenvalue weighted by Crippen LogP contribution is -2.52. The van der Waals surface area contributed by atoms with Gasteiger partial charge in [-0.15, -0.1) is 0 Å². The van der Waals surface area contributed by atoms with Crippen LogP contribution in [-0.4, -0.2) is 43.8 Å². The first-order chi connectivity index (χ1) is 18.8. The zero-order chi connectivity index (χ0) is 29.6. The fourth-order valence-electron chi connectivity index (χ4n) is 4.30. The van der Waals surface area contributed by atoms with Gasteiger partial charge in [0.1, 0.15) is 12.6 Å². The monoisotopic (exact) mass is 583 g/mol. The quantitative estimate of drug-likeness (QED) is 0.309. The van der Waals surface area contributed by atoms with Crippen molar-refractivity contribution in [1.29, 1.82) is 0 Å². The molecule has 0 radical (unpaired) electrons. The largest absolute Gasteiger partial charge is 0.352 e. The first-order valence-corrected chi connectivity index (χ1v) is 15.2. The molecule has 1 N–H and O–H groups in total. The molecule has 2 atom stereocenters. The Morgan fingerprint density at radius 2 is 1.45 bits per heavy atom. The number of amides is 2. The second kappa shape index (κ2) is 13.3. The highest BCUT2D eigenvalue weighted by Crippen LogP contribution is 2.27. The van der Waals surface area contributed by atoms with Crippen LogP contribution in [0.25, 0.3) is 0 Å². The van der Waals surface area contributed by atoms with Gasteiger partial charge in [0.15, 0.2) is 0 Å². The van der Waals surface area contributed by atoms with Crippen molar-refractivity contribution in [3.63, 3.8) is 0 Å². The Morgan fingerprint density at radius 3 is 2.00 bits per heavy atom. The first kappa shape index (κ1) is 31.2. The zero-order valence-electron chi connectivity index (χ0n) is 23.9. The maximum atomic E-state index is 14.0. The Labute approximate surface area is 243 Å². The van der Waals surface area contributed by atoms with Crippen LogP contribution in [0.3, 0.4) is 0 Å². The van der Waals surface area contributed by atoms with E-state index in [9.17, 15) is 18.0 Å². The van der Waals surface area contributed by atoms with Crippen LogP contribution in [0.5, 0.6) is 0 Å². The lowest BCUT2D eigenvalue weighted by Gasteiger charge is -2.32. The minimum atomic E-state index is -4.11. The fraction of sp³-hybridized carbons (Fsp3) is 0.355. The summed E-state index contributed by atoms with van der Waals surface area (Å²) in [5.74, 6) is -0.812. The number of nitrogens with zero attached hydrogens (tertiary/aromatic N) is 2. The Bertz CT molecular complexity index is 1420. The molecule has 7 nitrogen and oxygen atoms in total. The normalized spacial score (nSPS) is 12.9. The van der Waals surface area contributed by atoms with Gasteiger partial charge in [-0.2, -0.15) is 0 Å². The molecule has 0 heterocycles. The van der Waals surface area contributed by atoms with E-state index in [-0.39, 0.29) is 23.4 Å². The second-order valence-electron chi connectivity index (χ2n) is 10.3. The summed E-state index contributed by atoms with van der Waals surface area (Å²) in [6.07, 6.45) is 0.735. The molecule has 0 bridgehead atoms. The third-order valence-electron chi connectivity index (χ3n) is 6.82. The van der Waals surface area contributed by atoms with Crippen molar-refractivity contribution in [3.8, 4) is 0 Å². The van der Waals surface area contributed by atoms with Gasteiger partial charge in [-0.3, -0.25) is 13.9 Å². The van der Waals surface area contributed by atoms with E-state index in [0.29, 0.717) is 10.7 Å². The summed E-state index contributed by atoms with van der Waals surface area (Å²) in [4.78, 5) is 28.7. The van der Waals surface area contributed by atoms with Crippen LogP contribution in [0, 0.1) is 20.8 Å². The molecule has 0 unspecified atom stereocenters. The molecule has 0 spiro atoms. The highest BCUT2D eigenvalue weighted by Gasteiger charge is 2.33. The molecule has 2 amide bonds. The Balaban J connectivity index is 2.05. The number of carbonyl (C=O) groups is 2. The third kappa shape index (κ3) is 7.86. The summed E-state index contributed by atoms with van der Waals surface area (Å²) in [6, 6.07) is 18.0. The first-order valence-electron chi connectivity index (χ1n) is 13.3. The van der Waals surface area contributed by atoms with Crippen molar-refractivity contribution >= 4 is 39.1 Å². The van der Waals surface area contributed by atoms with E-state index < -0.39 is 28.5 Å². The topological polar surface area (TPSA) is 86.8 Å². The van der Waals surface area contributed by atoms with Crippen LogP contribution in [0.2, 0.25) is 5.02 Å². The van der Waals surface area contributed by atoms with Gasteiger partial charge >= 0.3 is 0 Å². The van der Waals surface area contributed by atoms with Crippen molar-refractivity contribution in [3.05, 3.63) is 94.0 Å². The van der Waals surface area contributed by atoms with Crippen LogP contribution in [-0.2, 0) is 26.2 Å². The van der Waals surface area contributed by atoms with Gasteiger partial charge in [-0.1, -0.05) is 54.4 Å². The maximum absolute atomic E-state index is 14.0. The van der Waals surface area contributed by atoms with Gasteiger partial charge in [0.25, 0.3) is 10.0 Å². The second-order valence-corrected chi connectivity index (χ2v) is 12.6. The molecule has 40 heavy (non-hydrogen) atoms. The lowest BCUT2D eigenvalue weighted by atomic mass is 10.1. The average molecular weight is 584 g/mol. The van der Waals surface area contributed by atoms with Gasteiger partial charge in [0.05, 0.1) is 10.6 Å². The molecule has 0 saturated heterocycles. The standard InChI is InChI=1S/C31H38ClN3O4S/c1-7-24(5)33-31(37)25(6)34(19-26-10-12-27(32)13-11-26)30(36)20-35(28-17-22(3)16-23(4)18-28)40(38,39)29-14-8-21(2)9-15-29/h8-18,24-25H,7,19-20H2,1-6H3,(H,33,37)/t24-,25+/m1/s1. The lowest BCUT2D eigenvalue weighted by molar-refractivity contribution is -0.139. The number of hydrogen-bond acceptors (Lipinski definition) is 4. The maximum Gasteiger partial charge on any atom is 0.264 e. The predicted molar refractivity (Wildman–Crippen MR) is 161 cm³/mol. The number of aryl methyl sites for hydroxylation is 3. The fourth-order valence-corrected chi connectivity index (χ4v) is 5.82. The third-order valence-corrected chi connectivity index (χ3v) is 8.86. The highest BCUT2D eigenvalue weighted by atomic mass is 35.5. The van der Waals surface area contributed by atoms with E-state index in [1.807, 2.05) is 40.7 Å². The summed E-state index contributed by atoms with van der Waals surface area (Å²) in [5.41, 5.74) is 3.80. The Morgan fingerprint density at radius 1 is 0.875 bits per heavy atom. The number of carbonyl (C=O) groups excluding carboxylic acids is 2. The SMILES string of the molecule is CC[C@@H](C)NC(=O)[C@H](C)N(Cc1ccc(Cl)cc1)C(=O)CN(c1cc(C)cc(C)c1)S(=O)(=O)c1ccc(C)cc1. The van der Waals surface area contributed by atoms with Crippen molar-refractivity contribution < 1.29 is 18.0 Å². The predicted octanol–water partition coefficient (Wildman–Crippen LogP) is 5.79. The molecule has 3 aromatic carbocycles. The number of benzene rings is 3. The molecule has 0 aliphatic rings. The van der Waals surface area contributed by atoms with Crippen LogP contribution in [0.4, 0.5) is 5.69 Å². The van der Waals surface area contributed by atoms with E-state index in [1.54, 1.807) is 67.6 Å². The molecular weight excluding hydrogens is 546 g/mol. The van der Waals surface area contributed by atoms with E-state index in [1.165, 1.54) is 4.90 Å². The van der Waals surface area contributed by atoms with Gasteiger partial charge in [0.2, 0.25) is 11.8 Å². The number of rotatable bonds is 11. The van der Waals surface area contributed by atoms with E-state index in [2.05, 4.69) is 5.32 Å². The summed E-state index contributed by atoms with van der Waals surface area (Å²) in [5, 5.41) is 3.49. The van der Waals surface area contributed by atoms with Gasteiger partial charge in [0, 0.05) is 17.6 Å². The number of sulfonamides is 1. The molecule has 0 fully saturated rings. The molecule has 9 heteroatoms. The summed E-state index contributed by atoms with van der Waals surface area (Å²) in [6.45, 7) is 10.8. The van der Waals surface area contributed by atoms with Crippen molar-refractivity contribution in [2.24, 2.45) is 0 Å².